The minimum absolute atomic E-state index is 0.392. The van der Waals surface area contributed by atoms with Gasteiger partial charge in [0.15, 0.2) is 11.6 Å². The van der Waals surface area contributed by atoms with Crippen LogP contribution in [-0.4, -0.2) is 29.5 Å². The van der Waals surface area contributed by atoms with Gasteiger partial charge >= 0.3 is 5.69 Å². The summed E-state index contributed by atoms with van der Waals surface area (Å²) in [7, 11) is 0. The van der Waals surface area contributed by atoms with E-state index in [1.54, 1.807) is 24.8 Å². The van der Waals surface area contributed by atoms with Crippen molar-refractivity contribution >= 4 is 10.9 Å². The number of pyridine rings is 2. The second-order valence-electron chi connectivity index (χ2n) is 6.49. The van der Waals surface area contributed by atoms with E-state index in [0.29, 0.717) is 18.2 Å². The summed E-state index contributed by atoms with van der Waals surface area (Å²) in [5.41, 5.74) is 3.58. The summed E-state index contributed by atoms with van der Waals surface area (Å²) < 4.78 is 2.04. The highest BCUT2D eigenvalue weighted by atomic mass is 16.1. The average molecular weight is 368 g/mol. The molecule has 7 nitrogen and oxygen atoms in total. The molecule has 0 spiro atoms. The van der Waals surface area contributed by atoms with Crippen LogP contribution in [0.4, 0.5) is 0 Å². The lowest BCUT2D eigenvalue weighted by Crippen LogP contribution is -2.11. The second kappa shape index (κ2) is 6.70. The fraction of sp³-hybridized carbons (Fsp3) is 0.0952. The summed E-state index contributed by atoms with van der Waals surface area (Å²) >= 11 is 0. The molecule has 1 aromatic carbocycles. The predicted octanol–water partition coefficient (Wildman–Crippen LogP) is 2.92. The molecule has 0 amide bonds. The molecule has 2 aliphatic rings. The number of nitrogens with one attached hydrogen (secondary N) is 1. The normalized spacial score (nSPS) is 11.3. The molecule has 136 valence electrons. The first kappa shape index (κ1) is 16.3. The molecule has 0 atom stereocenters. The lowest BCUT2D eigenvalue weighted by Gasteiger charge is -2.17. The lowest BCUT2D eigenvalue weighted by atomic mass is 10.0. The van der Waals surface area contributed by atoms with E-state index in [0.717, 1.165) is 34.1 Å². The maximum Gasteiger partial charge on any atom is 0.348 e. The fourth-order valence-corrected chi connectivity index (χ4v) is 3.48. The van der Waals surface area contributed by atoms with Crippen molar-refractivity contribution in [3.8, 4) is 22.9 Å². The van der Waals surface area contributed by atoms with Gasteiger partial charge in [0.05, 0.1) is 17.4 Å². The zero-order chi connectivity index (χ0) is 18.9. The highest BCUT2D eigenvalue weighted by Crippen LogP contribution is 2.30. The van der Waals surface area contributed by atoms with Gasteiger partial charge in [-0.15, -0.1) is 0 Å². The number of aromatic amines is 1. The van der Waals surface area contributed by atoms with Crippen LogP contribution in [0.25, 0.3) is 33.8 Å². The van der Waals surface area contributed by atoms with E-state index in [1.807, 2.05) is 47.0 Å². The summed E-state index contributed by atoms with van der Waals surface area (Å²) in [6.45, 7) is 0.652. The maximum absolute atomic E-state index is 11.8. The van der Waals surface area contributed by atoms with E-state index in [4.69, 9.17) is 0 Å². The van der Waals surface area contributed by atoms with Crippen molar-refractivity contribution in [3.05, 3.63) is 83.3 Å². The van der Waals surface area contributed by atoms with Gasteiger partial charge in [-0.3, -0.25) is 15.0 Å². The highest BCUT2D eigenvalue weighted by molar-refractivity contribution is 5.93. The first-order chi connectivity index (χ1) is 13.8. The third kappa shape index (κ3) is 2.83. The van der Waals surface area contributed by atoms with Crippen LogP contribution in [0.3, 0.4) is 0 Å². The number of hydrogen-bond acceptors (Lipinski definition) is 5. The van der Waals surface area contributed by atoms with E-state index >= 15 is 0 Å². The Hall–Kier alpha value is -3.87. The van der Waals surface area contributed by atoms with Crippen molar-refractivity contribution < 1.29 is 0 Å². The molecular weight excluding hydrogens is 352 g/mol. The molecule has 2 aliphatic heterocycles. The number of fused-ring (bicyclic) bond motifs is 2. The zero-order valence-electron chi connectivity index (χ0n) is 14.9. The number of H-pyrrole nitrogens is 1. The van der Waals surface area contributed by atoms with Crippen molar-refractivity contribution in [3.63, 3.8) is 0 Å². The molecule has 3 aromatic rings. The molecule has 7 heteroatoms. The zero-order valence-corrected chi connectivity index (χ0v) is 14.9. The SMILES string of the molecule is O=c1nc2n(CCc3ccncc3)c(-c3cccc4ncccc34)cnc-2[nH]1. The summed E-state index contributed by atoms with van der Waals surface area (Å²) in [6, 6.07) is 13.9. The van der Waals surface area contributed by atoms with Crippen LogP contribution < -0.4 is 5.69 Å². The first-order valence-corrected chi connectivity index (χ1v) is 8.98. The Kier molecular flexibility index (Phi) is 3.90. The van der Waals surface area contributed by atoms with Crippen molar-refractivity contribution in [2.45, 2.75) is 13.0 Å². The number of imidazole rings is 1. The van der Waals surface area contributed by atoms with Crippen molar-refractivity contribution in [2.75, 3.05) is 0 Å². The molecule has 0 radical (unpaired) electrons. The highest BCUT2D eigenvalue weighted by Gasteiger charge is 2.18. The monoisotopic (exact) mass is 368 g/mol. The van der Waals surface area contributed by atoms with Gasteiger partial charge in [-0.2, -0.15) is 4.98 Å². The number of rotatable bonds is 4. The van der Waals surface area contributed by atoms with Gasteiger partial charge in [0.1, 0.15) is 0 Å². The van der Waals surface area contributed by atoms with Crippen molar-refractivity contribution in [1.82, 2.24) is 29.5 Å². The lowest BCUT2D eigenvalue weighted by molar-refractivity contribution is 0.689. The van der Waals surface area contributed by atoms with Gasteiger partial charge in [-0.25, -0.2) is 9.78 Å². The Morgan fingerprint density at radius 3 is 2.75 bits per heavy atom. The molecule has 5 rings (SSSR count). The minimum Gasteiger partial charge on any atom is -0.321 e. The van der Waals surface area contributed by atoms with Crippen LogP contribution in [0.15, 0.2) is 72.0 Å². The molecule has 0 saturated carbocycles. The molecule has 28 heavy (non-hydrogen) atoms. The van der Waals surface area contributed by atoms with E-state index < -0.39 is 5.69 Å². The Bertz CT molecular complexity index is 1290. The maximum atomic E-state index is 11.8. The molecular formula is C21H16N6O. The van der Waals surface area contributed by atoms with E-state index in [9.17, 15) is 4.79 Å². The number of nitrogens with zero attached hydrogens (tertiary/aromatic N) is 5. The van der Waals surface area contributed by atoms with Crippen LogP contribution in [0, 0.1) is 0 Å². The van der Waals surface area contributed by atoms with Gasteiger partial charge < -0.3 is 4.57 Å². The van der Waals surface area contributed by atoms with Crippen molar-refractivity contribution in [2.24, 2.45) is 0 Å². The van der Waals surface area contributed by atoms with Gasteiger partial charge in [-0.05, 0) is 36.2 Å². The van der Waals surface area contributed by atoms with E-state index in [-0.39, 0.29) is 0 Å². The van der Waals surface area contributed by atoms with Crippen LogP contribution in [0.2, 0.25) is 0 Å². The molecule has 2 aromatic heterocycles. The third-order valence-corrected chi connectivity index (χ3v) is 4.80. The standard InChI is InChI=1S/C21H16N6O/c28-21-25-19-20(26-21)27(12-8-14-6-10-22-11-7-14)18(13-24-19)16-3-1-5-17-15(16)4-2-9-23-17/h1-7,9-11,13H,8,12H2,(H,24,25,28). The van der Waals surface area contributed by atoms with E-state index in [1.165, 1.54) is 0 Å². The molecule has 0 fully saturated rings. The van der Waals surface area contributed by atoms with Gasteiger partial charge in [-0.1, -0.05) is 18.2 Å². The summed E-state index contributed by atoms with van der Waals surface area (Å²) in [6.07, 6.45) is 7.91. The summed E-state index contributed by atoms with van der Waals surface area (Å²) in [4.78, 5) is 31.6. The quantitative estimate of drug-likeness (QED) is 0.527. The van der Waals surface area contributed by atoms with Crippen LogP contribution in [-0.2, 0) is 13.0 Å². The Labute approximate surface area is 160 Å². The molecule has 0 saturated heterocycles. The Morgan fingerprint density at radius 1 is 0.964 bits per heavy atom. The summed E-state index contributed by atoms with van der Waals surface area (Å²) in [5, 5.41) is 1.03. The summed E-state index contributed by atoms with van der Waals surface area (Å²) in [5.74, 6) is 1.04. The number of aryl methyl sites for hydroxylation is 1. The number of aromatic nitrogens is 6. The average Bonchev–Trinajstić information content (AvgIpc) is 3.13. The molecule has 4 heterocycles. The number of benzene rings is 1. The van der Waals surface area contributed by atoms with Gasteiger partial charge in [0.25, 0.3) is 0 Å². The van der Waals surface area contributed by atoms with Crippen LogP contribution >= 0.6 is 0 Å². The smallest absolute Gasteiger partial charge is 0.321 e. The molecule has 0 bridgehead atoms. The second-order valence-corrected chi connectivity index (χ2v) is 6.49. The Morgan fingerprint density at radius 2 is 1.86 bits per heavy atom. The van der Waals surface area contributed by atoms with E-state index in [2.05, 4.69) is 24.9 Å². The molecule has 0 aliphatic carbocycles. The minimum atomic E-state index is -0.392. The first-order valence-electron chi connectivity index (χ1n) is 8.98. The predicted molar refractivity (Wildman–Crippen MR) is 106 cm³/mol. The topological polar surface area (TPSA) is 89.3 Å². The molecule has 1 N–H and O–H groups in total. The van der Waals surface area contributed by atoms with Crippen LogP contribution in [0.1, 0.15) is 5.56 Å². The Balaban J connectivity index is 1.70. The largest absolute Gasteiger partial charge is 0.348 e. The molecule has 0 unspecified atom stereocenters. The third-order valence-electron chi connectivity index (χ3n) is 4.80. The van der Waals surface area contributed by atoms with Gasteiger partial charge in [0, 0.05) is 36.1 Å². The fourth-order valence-electron chi connectivity index (χ4n) is 3.48. The number of hydrogen-bond donors (Lipinski definition) is 1. The van der Waals surface area contributed by atoms with Gasteiger partial charge in [0.2, 0.25) is 0 Å². The van der Waals surface area contributed by atoms with Crippen LogP contribution in [0.5, 0.6) is 0 Å². The van der Waals surface area contributed by atoms with Crippen molar-refractivity contribution in [1.29, 1.82) is 0 Å².